The number of carbonyl (C=O) groups excluding carboxylic acids is 1. The van der Waals surface area contributed by atoms with Gasteiger partial charge in [-0.2, -0.15) is 5.21 Å². The number of hydrogen-bond donors (Lipinski definition) is 3. The lowest BCUT2D eigenvalue weighted by atomic mass is 9.97. The van der Waals surface area contributed by atoms with Crippen molar-refractivity contribution in [2.24, 2.45) is 10.9 Å². The van der Waals surface area contributed by atoms with Crippen LogP contribution in [0.4, 0.5) is 0 Å². The lowest BCUT2D eigenvalue weighted by Gasteiger charge is -2.11. The minimum Gasteiger partial charge on any atom is -0.369 e. The summed E-state index contributed by atoms with van der Waals surface area (Å²) in [5.74, 6) is 0.126. The first-order chi connectivity index (χ1) is 11.2. The summed E-state index contributed by atoms with van der Waals surface area (Å²) in [6, 6.07) is 13.4. The van der Waals surface area contributed by atoms with Gasteiger partial charge in [0, 0.05) is 10.5 Å². The van der Waals surface area contributed by atoms with Crippen LogP contribution in [-0.4, -0.2) is 26.5 Å². The van der Waals surface area contributed by atoms with Crippen molar-refractivity contribution in [3.63, 3.8) is 0 Å². The average molecular weight is 326 g/mol. The highest BCUT2D eigenvalue weighted by Gasteiger charge is 2.16. The van der Waals surface area contributed by atoms with Crippen molar-refractivity contribution >= 4 is 17.9 Å². The van der Waals surface area contributed by atoms with Crippen LogP contribution in [0, 0.1) is 0 Å². The molecule has 23 heavy (non-hydrogen) atoms. The SMILES string of the molecule is NSc1cccc(-c2ccc(CC(N)=O)cc2)c1-c1nn[nH]n1. The van der Waals surface area contributed by atoms with Crippen molar-refractivity contribution in [1.29, 1.82) is 0 Å². The Hall–Kier alpha value is -2.71. The van der Waals surface area contributed by atoms with Crippen LogP contribution in [0.15, 0.2) is 47.4 Å². The monoisotopic (exact) mass is 326 g/mol. The van der Waals surface area contributed by atoms with Crippen LogP contribution in [0.3, 0.4) is 0 Å². The van der Waals surface area contributed by atoms with Gasteiger partial charge in [-0.25, -0.2) is 0 Å². The summed E-state index contributed by atoms with van der Waals surface area (Å²) >= 11 is 1.13. The van der Waals surface area contributed by atoms with Crippen LogP contribution in [0.1, 0.15) is 5.56 Å². The van der Waals surface area contributed by atoms with E-state index in [0.717, 1.165) is 39.1 Å². The predicted octanol–water partition coefficient (Wildman–Crippen LogP) is 1.53. The second-order valence-electron chi connectivity index (χ2n) is 4.87. The molecule has 3 rings (SSSR count). The predicted molar refractivity (Wildman–Crippen MR) is 88.0 cm³/mol. The van der Waals surface area contributed by atoms with E-state index in [2.05, 4.69) is 20.6 Å². The molecule has 0 fully saturated rings. The van der Waals surface area contributed by atoms with Gasteiger partial charge < -0.3 is 5.73 Å². The number of amides is 1. The summed E-state index contributed by atoms with van der Waals surface area (Å²) in [6.07, 6.45) is 0.219. The summed E-state index contributed by atoms with van der Waals surface area (Å²) in [4.78, 5) is 11.8. The number of nitrogens with one attached hydrogen (secondary N) is 1. The fourth-order valence-electron chi connectivity index (χ4n) is 2.37. The van der Waals surface area contributed by atoms with Gasteiger partial charge in [-0.1, -0.05) is 36.4 Å². The second kappa shape index (κ2) is 6.59. The van der Waals surface area contributed by atoms with Crippen molar-refractivity contribution < 1.29 is 4.79 Å². The van der Waals surface area contributed by atoms with Gasteiger partial charge >= 0.3 is 0 Å². The number of nitrogens with zero attached hydrogens (tertiary/aromatic N) is 3. The zero-order valence-electron chi connectivity index (χ0n) is 12.1. The number of tetrazole rings is 1. The number of H-pyrrole nitrogens is 1. The zero-order valence-corrected chi connectivity index (χ0v) is 12.9. The first-order valence-corrected chi connectivity index (χ1v) is 7.68. The van der Waals surface area contributed by atoms with E-state index >= 15 is 0 Å². The summed E-state index contributed by atoms with van der Waals surface area (Å²) in [5, 5.41) is 20.0. The molecule has 0 spiro atoms. The molecule has 116 valence electrons. The van der Waals surface area contributed by atoms with Crippen LogP contribution in [0.2, 0.25) is 0 Å². The number of rotatable bonds is 5. The molecule has 1 aromatic heterocycles. The molecule has 7 nitrogen and oxygen atoms in total. The fraction of sp³-hybridized carbons (Fsp3) is 0.0667. The molecule has 0 aliphatic heterocycles. The molecule has 0 aliphatic rings. The first kappa shape index (κ1) is 15.2. The molecule has 0 saturated heterocycles. The minimum absolute atomic E-state index is 0.219. The van der Waals surface area contributed by atoms with Gasteiger partial charge in [0.2, 0.25) is 11.7 Å². The van der Waals surface area contributed by atoms with Crippen LogP contribution in [0.25, 0.3) is 22.5 Å². The number of nitrogens with two attached hydrogens (primary N) is 2. The number of primary amides is 1. The highest BCUT2D eigenvalue weighted by molar-refractivity contribution is 7.97. The Bertz CT molecular complexity index is 816. The van der Waals surface area contributed by atoms with Gasteiger partial charge in [0.15, 0.2) is 0 Å². The van der Waals surface area contributed by atoms with Crippen molar-refractivity contribution in [3.05, 3.63) is 48.0 Å². The number of benzene rings is 2. The lowest BCUT2D eigenvalue weighted by molar-refractivity contribution is -0.117. The number of carbonyl (C=O) groups is 1. The summed E-state index contributed by atoms with van der Waals surface area (Å²) in [7, 11) is 0. The maximum Gasteiger partial charge on any atom is 0.221 e. The molecule has 3 aromatic rings. The molecule has 0 aliphatic carbocycles. The van der Waals surface area contributed by atoms with E-state index in [0.29, 0.717) is 5.82 Å². The van der Waals surface area contributed by atoms with Crippen molar-refractivity contribution in [1.82, 2.24) is 20.6 Å². The average Bonchev–Trinajstić information content (AvgIpc) is 3.08. The smallest absolute Gasteiger partial charge is 0.221 e. The molecule has 0 unspecified atom stereocenters. The molecule has 5 N–H and O–H groups in total. The van der Waals surface area contributed by atoms with Crippen LogP contribution in [0.5, 0.6) is 0 Å². The van der Waals surface area contributed by atoms with Crippen LogP contribution in [-0.2, 0) is 11.2 Å². The van der Waals surface area contributed by atoms with Crippen molar-refractivity contribution in [2.45, 2.75) is 11.3 Å². The van der Waals surface area contributed by atoms with Gasteiger partial charge in [-0.05, 0) is 39.9 Å². The third kappa shape index (κ3) is 3.22. The molecule has 1 amide bonds. The van der Waals surface area contributed by atoms with Gasteiger partial charge in [0.05, 0.1) is 6.42 Å². The zero-order chi connectivity index (χ0) is 16.2. The van der Waals surface area contributed by atoms with E-state index < -0.39 is 0 Å². The molecule has 0 radical (unpaired) electrons. The maximum absolute atomic E-state index is 11.0. The minimum atomic E-state index is -0.355. The molecule has 0 atom stereocenters. The maximum atomic E-state index is 11.0. The Morgan fingerprint density at radius 1 is 1.17 bits per heavy atom. The normalized spacial score (nSPS) is 10.7. The van der Waals surface area contributed by atoms with Gasteiger partial charge in [0.1, 0.15) is 0 Å². The molecule has 2 aromatic carbocycles. The number of aromatic nitrogens is 4. The van der Waals surface area contributed by atoms with Crippen LogP contribution < -0.4 is 10.9 Å². The highest BCUT2D eigenvalue weighted by Crippen LogP contribution is 2.36. The van der Waals surface area contributed by atoms with E-state index in [4.69, 9.17) is 10.9 Å². The fourth-order valence-corrected chi connectivity index (χ4v) is 2.85. The Labute approximate surface area is 136 Å². The topological polar surface area (TPSA) is 124 Å². The largest absolute Gasteiger partial charge is 0.369 e. The molecule has 1 heterocycles. The Balaban J connectivity index is 2.08. The van der Waals surface area contributed by atoms with Crippen molar-refractivity contribution in [2.75, 3.05) is 0 Å². The van der Waals surface area contributed by atoms with E-state index in [-0.39, 0.29) is 12.3 Å². The van der Waals surface area contributed by atoms with Crippen molar-refractivity contribution in [3.8, 4) is 22.5 Å². The molecular weight excluding hydrogens is 312 g/mol. The molecule has 0 saturated carbocycles. The summed E-state index contributed by atoms with van der Waals surface area (Å²) in [5.41, 5.74) is 8.80. The Morgan fingerprint density at radius 3 is 2.57 bits per heavy atom. The Morgan fingerprint density at radius 2 is 1.96 bits per heavy atom. The summed E-state index contributed by atoms with van der Waals surface area (Å²) < 4.78 is 0. The summed E-state index contributed by atoms with van der Waals surface area (Å²) in [6.45, 7) is 0. The van der Waals surface area contributed by atoms with E-state index in [9.17, 15) is 4.79 Å². The van der Waals surface area contributed by atoms with E-state index in [1.54, 1.807) is 0 Å². The van der Waals surface area contributed by atoms with E-state index in [1.165, 1.54) is 0 Å². The van der Waals surface area contributed by atoms with Gasteiger partial charge in [-0.15, -0.1) is 10.2 Å². The quantitative estimate of drug-likeness (QED) is 0.611. The molecule has 8 heteroatoms. The standard InChI is InChI=1S/C15H14N6OS/c16-13(22)8-9-4-6-10(7-5-9)11-2-1-3-12(23-17)14(11)15-18-20-21-19-15/h1-7H,8,17H2,(H2,16,22)(H,18,19,20,21). The molecule has 0 bridgehead atoms. The first-order valence-electron chi connectivity index (χ1n) is 6.80. The molecular formula is C15H14N6OS. The second-order valence-corrected chi connectivity index (χ2v) is 5.55. The third-order valence-corrected chi connectivity index (χ3v) is 3.96. The Kier molecular flexibility index (Phi) is 4.35. The number of aromatic amines is 1. The van der Waals surface area contributed by atoms with E-state index in [1.807, 2.05) is 42.5 Å². The van der Waals surface area contributed by atoms with Gasteiger partial charge in [0.25, 0.3) is 0 Å². The van der Waals surface area contributed by atoms with Crippen LogP contribution >= 0.6 is 11.9 Å². The lowest BCUT2D eigenvalue weighted by Crippen LogP contribution is -2.13. The number of hydrogen-bond acceptors (Lipinski definition) is 6. The van der Waals surface area contributed by atoms with Gasteiger partial charge in [-0.3, -0.25) is 9.93 Å². The third-order valence-electron chi connectivity index (χ3n) is 3.37. The highest BCUT2D eigenvalue weighted by atomic mass is 32.2.